The van der Waals surface area contributed by atoms with Gasteiger partial charge in [0.15, 0.2) is 0 Å². The third-order valence-corrected chi connectivity index (χ3v) is 4.58. The molecule has 0 atom stereocenters. The Morgan fingerprint density at radius 1 is 1.11 bits per heavy atom. The van der Waals surface area contributed by atoms with Crippen molar-refractivity contribution in [1.82, 2.24) is 4.72 Å². The Kier molecular flexibility index (Phi) is 6.31. The van der Waals surface area contributed by atoms with E-state index >= 15 is 0 Å². The summed E-state index contributed by atoms with van der Waals surface area (Å²) in [5.41, 5.74) is 0.680. The van der Waals surface area contributed by atoms with Crippen molar-refractivity contribution in [2.75, 3.05) is 11.9 Å². The fraction of sp³-hybridized carbons (Fsp3) is 0.571. The highest BCUT2D eigenvalue weighted by Crippen LogP contribution is 2.22. The maximum atomic E-state index is 12.2. The number of benzene rings is 1. The molecule has 0 amide bonds. The number of rotatable bonds is 8. The summed E-state index contributed by atoms with van der Waals surface area (Å²) in [6.45, 7) is 6.58. The van der Waals surface area contributed by atoms with E-state index < -0.39 is 10.0 Å². The van der Waals surface area contributed by atoms with Crippen molar-refractivity contribution in [2.24, 2.45) is 0 Å². The van der Waals surface area contributed by atoms with Crippen LogP contribution in [-0.4, -0.2) is 21.0 Å². The van der Waals surface area contributed by atoms with Gasteiger partial charge in [-0.05, 0) is 31.4 Å². The van der Waals surface area contributed by atoms with Crippen LogP contribution >= 0.6 is 0 Å². The maximum absolute atomic E-state index is 12.2. The van der Waals surface area contributed by atoms with Crippen LogP contribution in [0.25, 0.3) is 0 Å². The molecular formula is C14H24N2O2S. The monoisotopic (exact) mass is 284 g/mol. The first-order valence-electron chi connectivity index (χ1n) is 6.90. The second-order valence-electron chi connectivity index (χ2n) is 4.55. The van der Waals surface area contributed by atoms with Gasteiger partial charge in [-0.25, -0.2) is 13.1 Å². The Morgan fingerprint density at radius 2 is 1.74 bits per heavy atom. The predicted molar refractivity (Wildman–Crippen MR) is 79.9 cm³/mol. The second kappa shape index (κ2) is 7.50. The third kappa shape index (κ3) is 4.51. The van der Waals surface area contributed by atoms with Crippen molar-refractivity contribution in [3.05, 3.63) is 24.3 Å². The van der Waals surface area contributed by atoms with Gasteiger partial charge in [-0.15, -0.1) is 0 Å². The van der Waals surface area contributed by atoms with Crippen LogP contribution in [0, 0.1) is 0 Å². The van der Waals surface area contributed by atoms with Crippen molar-refractivity contribution in [1.29, 1.82) is 0 Å². The number of para-hydroxylation sites is 1. The summed E-state index contributed by atoms with van der Waals surface area (Å²) in [5.74, 6) is 0. The fourth-order valence-electron chi connectivity index (χ4n) is 1.85. The Bertz CT molecular complexity index is 482. The van der Waals surface area contributed by atoms with E-state index in [2.05, 4.69) is 23.9 Å². The Balaban J connectivity index is 3.01. The Morgan fingerprint density at radius 3 is 2.32 bits per heavy atom. The van der Waals surface area contributed by atoms with E-state index in [1.807, 2.05) is 19.1 Å². The molecule has 0 fully saturated rings. The van der Waals surface area contributed by atoms with Crippen molar-refractivity contribution in [2.45, 2.75) is 51.0 Å². The molecule has 0 bridgehead atoms. The topological polar surface area (TPSA) is 58.2 Å². The van der Waals surface area contributed by atoms with Crippen LogP contribution < -0.4 is 10.0 Å². The zero-order chi connectivity index (χ0) is 14.3. The number of hydrogen-bond donors (Lipinski definition) is 2. The largest absolute Gasteiger partial charge is 0.381 e. The van der Waals surface area contributed by atoms with E-state index in [9.17, 15) is 8.42 Å². The number of nitrogens with one attached hydrogen (secondary N) is 2. The van der Waals surface area contributed by atoms with Gasteiger partial charge in [0, 0.05) is 12.6 Å². The average Bonchev–Trinajstić information content (AvgIpc) is 2.43. The van der Waals surface area contributed by atoms with Gasteiger partial charge in [0.05, 0.1) is 5.69 Å². The molecule has 1 aromatic rings. The van der Waals surface area contributed by atoms with Crippen LogP contribution in [0.1, 0.15) is 40.0 Å². The smallest absolute Gasteiger partial charge is 0.242 e. The molecule has 4 nitrogen and oxygen atoms in total. The van der Waals surface area contributed by atoms with Gasteiger partial charge in [0.25, 0.3) is 0 Å². The van der Waals surface area contributed by atoms with Gasteiger partial charge in [-0.2, -0.15) is 0 Å². The molecule has 5 heteroatoms. The van der Waals surface area contributed by atoms with E-state index in [0.717, 1.165) is 19.3 Å². The minimum absolute atomic E-state index is 0.294. The molecule has 0 aliphatic carbocycles. The summed E-state index contributed by atoms with van der Waals surface area (Å²) >= 11 is 0. The number of sulfonamides is 1. The molecule has 19 heavy (non-hydrogen) atoms. The van der Waals surface area contributed by atoms with E-state index in [-0.39, 0.29) is 0 Å². The lowest BCUT2D eigenvalue weighted by molar-refractivity contribution is 0.580. The van der Waals surface area contributed by atoms with Gasteiger partial charge >= 0.3 is 0 Å². The summed E-state index contributed by atoms with van der Waals surface area (Å²) in [6.07, 6.45) is 2.71. The summed E-state index contributed by atoms with van der Waals surface area (Å²) in [7, 11) is -3.43. The van der Waals surface area contributed by atoms with E-state index in [1.165, 1.54) is 0 Å². The molecular weight excluding hydrogens is 260 g/mol. The third-order valence-electron chi connectivity index (χ3n) is 3.06. The van der Waals surface area contributed by atoms with Gasteiger partial charge in [0.2, 0.25) is 10.0 Å². The highest BCUT2D eigenvalue weighted by Gasteiger charge is 2.18. The summed E-state index contributed by atoms with van der Waals surface area (Å²) in [4.78, 5) is 0.329. The van der Waals surface area contributed by atoms with Gasteiger partial charge < -0.3 is 5.32 Å². The van der Waals surface area contributed by atoms with E-state index in [4.69, 9.17) is 0 Å². The second-order valence-corrected chi connectivity index (χ2v) is 6.29. The van der Waals surface area contributed by atoms with Gasteiger partial charge in [0.1, 0.15) is 4.90 Å². The lowest BCUT2D eigenvalue weighted by Gasteiger charge is -2.19. The molecule has 0 radical (unpaired) electrons. The maximum Gasteiger partial charge on any atom is 0.242 e. The zero-order valence-corrected chi connectivity index (χ0v) is 12.8. The molecule has 0 spiro atoms. The van der Waals surface area contributed by atoms with E-state index in [0.29, 0.717) is 23.2 Å². The van der Waals surface area contributed by atoms with Crippen LogP contribution in [0.2, 0.25) is 0 Å². The minimum Gasteiger partial charge on any atom is -0.381 e. The van der Waals surface area contributed by atoms with E-state index in [1.54, 1.807) is 12.1 Å². The molecule has 0 unspecified atom stereocenters. The summed E-state index contributed by atoms with van der Waals surface area (Å²) in [6, 6.07) is 7.35. The highest BCUT2D eigenvalue weighted by molar-refractivity contribution is 7.89. The Labute approximate surface area is 116 Å². The van der Waals surface area contributed by atoms with Crippen molar-refractivity contribution in [3.8, 4) is 0 Å². The van der Waals surface area contributed by atoms with Crippen molar-refractivity contribution in [3.63, 3.8) is 0 Å². The van der Waals surface area contributed by atoms with Crippen LogP contribution in [0.15, 0.2) is 29.2 Å². The van der Waals surface area contributed by atoms with Crippen molar-refractivity contribution < 1.29 is 8.42 Å². The van der Waals surface area contributed by atoms with Gasteiger partial charge in [-0.3, -0.25) is 0 Å². The van der Waals surface area contributed by atoms with Crippen LogP contribution in [0.3, 0.4) is 0 Å². The highest BCUT2D eigenvalue weighted by atomic mass is 32.2. The molecule has 0 saturated carbocycles. The quantitative estimate of drug-likeness (QED) is 0.771. The number of anilines is 1. The van der Waals surface area contributed by atoms with Crippen LogP contribution in [0.4, 0.5) is 5.69 Å². The average molecular weight is 284 g/mol. The minimum atomic E-state index is -3.43. The fourth-order valence-corrected chi connectivity index (χ4v) is 3.15. The molecule has 1 rings (SSSR count). The SMILES string of the molecule is CCCNS(=O)(=O)c1ccccc1NC(CC)CC. The van der Waals surface area contributed by atoms with Gasteiger partial charge in [-0.1, -0.05) is 32.9 Å². The molecule has 0 saturated heterocycles. The molecule has 1 aromatic carbocycles. The van der Waals surface area contributed by atoms with Crippen LogP contribution in [-0.2, 0) is 10.0 Å². The molecule has 0 aliphatic rings. The standard InChI is InChI=1S/C14H24N2O2S/c1-4-11-15-19(17,18)14-10-8-7-9-13(14)16-12(5-2)6-3/h7-10,12,15-16H,4-6,11H2,1-3H3. The normalized spacial score (nSPS) is 11.8. The zero-order valence-electron chi connectivity index (χ0n) is 11.9. The first kappa shape index (κ1) is 16.0. The summed E-state index contributed by atoms with van der Waals surface area (Å²) in [5, 5.41) is 3.31. The molecule has 0 heterocycles. The molecule has 0 aromatic heterocycles. The molecule has 0 aliphatic heterocycles. The first-order valence-corrected chi connectivity index (χ1v) is 8.38. The Hall–Kier alpha value is -1.07. The number of hydrogen-bond acceptors (Lipinski definition) is 3. The van der Waals surface area contributed by atoms with Crippen LogP contribution in [0.5, 0.6) is 0 Å². The first-order chi connectivity index (χ1) is 9.05. The lowest BCUT2D eigenvalue weighted by atomic mass is 10.1. The molecule has 2 N–H and O–H groups in total. The lowest BCUT2D eigenvalue weighted by Crippen LogP contribution is -2.26. The predicted octanol–water partition coefficient (Wildman–Crippen LogP) is 2.98. The van der Waals surface area contributed by atoms with Crippen molar-refractivity contribution >= 4 is 15.7 Å². The molecule has 108 valence electrons. The summed E-state index contributed by atoms with van der Waals surface area (Å²) < 4.78 is 27.0.